The van der Waals surface area contributed by atoms with Crippen LogP contribution in [-0.4, -0.2) is 48.1 Å². The minimum atomic E-state index is -0.995. The summed E-state index contributed by atoms with van der Waals surface area (Å²) in [5.41, 5.74) is 2.39. The number of carbonyl (C=O) groups is 4. The van der Waals surface area contributed by atoms with Gasteiger partial charge in [-0.3, -0.25) is 19.3 Å². The van der Waals surface area contributed by atoms with Crippen molar-refractivity contribution in [3.8, 4) is 0 Å². The Hall–Kier alpha value is -4.66. The van der Waals surface area contributed by atoms with Crippen LogP contribution < -0.4 is 15.5 Å². The predicted octanol–water partition coefficient (Wildman–Crippen LogP) is 4.33. The van der Waals surface area contributed by atoms with E-state index in [4.69, 9.17) is 9.47 Å². The van der Waals surface area contributed by atoms with Gasteiger partial charge in [0.25, 0.3) is 0 Å². The molecule has 42 heavy (non-hydrogen) atoms. The molecular weight excluding hydrogens is 534 g/mol. The number of carbonyl (C=O) groups excluding carboxylic acids is 4. The third kappa shape index (κ3) is 8.67. The fourth-order valence-electron chi connectivity index (χ4n) is 4.71. The highest BCUT2D eigenvalue weighted by Gasteiger charge is 2.35. The number of ether oxygens (including phenoxy) is 2. The summed E-state index contributed by atoms with van der Waals surface area (Å²) >= 11 is 0. The number of para-hydroxylation sites is 1. The average Bonchev–Trinajstić information content (AvgIpc) is 3.08. The first-order chi connectivity index (χ1) is 20.1. The lowest BCUT2D eigenvalue weighted by Gasteiger charge is -2.27. The number of rotatable bonds is 9. The Balaban J connectivity index is 1.50. The van der Waals surface area contributed by atoms with Crippen molar-refractivity contribution in [3.63, 3.8) is 0 Å². The summed E-state index contributed by atoms with van der Waals surface area (Å²) in [5, 5.41) is 5.50. The van der Waals surface area contributed by atoms with Crippen LogP contribution in [0.4, 0.5) is 10.5 Å². The second-order valence-electron chi connectivity index (χ2n) is 11.2. The lowest BCUT2D eigenvalue weighted by molar-refractivity contribution is -0.144. The third-order valence-electron chi connectivity index (χ3n) is 6.69. The molecule has 0 aromatic heterocycles. The van der Waals surface area contributed by atoms with Crippen LogP contribution in [0.25, 0.3) is 0 Å². The van der Waals surface area contributed by atoms with Gasteiger partial charge in [0.15, 0.2) is 0 Å². The van der Waals surface area contributed by atoms with Gasteiger partial charge in [-0.15, -0.1) is 0 Å². The zero-order valence-electron chi connectivity index (χ0n) is 24.2. The maximum atomic E-state index is 13.8. The highest BCUT2D eigenvalue weighted by molar-refractivity contribution is 6.03. The molecule has 1 aliphatic rings. The average molecular weight is 572 g/mol. The molecular formula is C33H37N3O6. The number of aryl methyl sites for hydroxylation is 1. The Bertz CT molecular complexity index is 1390. The SMILES string of the molecule is CC(C)(C)OC(=O)N[C@@H](Cc1ccccc1)C(=O)N[C@H]1CCc2ccccc2N(CC(=O)OCc2ccccc2)C1=O. The zero-order valence-corrected chi connectivity index (χ0v) is 24.2. The maximum Gasteiger partial charge on any atom is 0.408 e. The predicted molar refractivity (Wildman–Crippen MR) is 159 cm³/mol. The largest absolute Gasteiger partial charge is 0.459 e. The molecule has 3 aromatic carbocycles. The van der Waals surface area contributed by atoms with Gasteiger partial charge in [0, 0.05) is 12.1 Å². The van der Waals surface area contributed by atoms with Crippen molar-refractivity contribution in [1.29, 1.82) is 0 Å². The number of nitrogens with one attached hydrogen (secondary N) is 2. The van der Waals surface area contributed by atoms with Gasteiger partial charge < -0.3 is 20.1 Å². The van der Waals surface area contributed by atoms with Crippen molar-refractivity contribution in [2.75, 3.05) is 11.4 Å². The van der Waals surface area contributed by atoms with Gasteiger partial charge in [-0.2, -0.15) is 0 Å². The van der Waals surface area contributed by atoms with Crippen molar-refractivity contribution in [2.24, 2.45) is 0 Å². The first kappa shape index (κ1) is 30.3. The molecule has 0 saturated heterocycles. The summed E-state index contributed by atoms with van der Waals surface area (Å²) in [6.07, 6.45) is 0.288. The van der Waals surface area contributed by atoms with Gasteiger partial charge in [-0.25, -0.2) is 4.79 Å². The summed E-state index contributed by atoms with van der Waals surface area (Å²) in [6.45, 7) is 4.99. The Kier molecular flexibility index (Phi) is 9.96. The highest BCUT2D eigenvalue weighted by atomic mass is 16.6. The van der Waals surface area contributed by atoms with Crippen LogP contribution in [0.3, 0.4) is 0 Å². The molecule has 2 atom stereocenters. The minimum absolute atomic E-state index is 0.0843. The molecule has 0 bridgehead atoms. The van der Waals surface area contributed by atoms with Crippen LogP contribution in [0.2, 0.25) is 0 Å². The molecule has 220 valence electrons. The summed E-state index contributed by atoms with van der Waals surface area (Å²) in [4.78, 5) is 54.3. The molecule has 2 N–H and O–H groups in total. The third-order valence-corrected chi connectivity index (χ3v) is 6.69. The van der Waals surface area contributed by atoms with Crippen molar-refractivity contribution in [2.45, 2.75) is 64.3 Å². The smallest absolute Gasteiger partial charge is 0.408 e. The molecule has 1 heterocycles. The molecule has 0 aliphatic carbocycles. The summed E-state index contributed by atoms with van der Waals surface area (Å²) < 4.78 is 10.8. The highest BCUT2D eigenvalue weighted by Crippen LogP contribution is 2.27. The first-order valence-corrected chi connectivity index (χ1v) is 14.0. The second-order valence-corrected chi connectivity index (χ2v) is 11.2. The topological polar surface area (TPSA) is 114 Å². The fourth-order valence-corrected chi connectivity index (χ4v) is 4.71. The molecule has 0 unspecified atom stereocenters. The quantitative estimate of drug-likeness (QED) is 0.370. The van der Waals surface area contributed by atoms with E-state index in [1.54, 1.807) is 32.9 Å². The van der Waals surface area contributed by atoms with Crippen LogP contribution in [-0.2, 0) is 43.3 Å². The number of nitrogens with zero attached hydrogens (tertiary/aromatic N) is 1. The van der Waals surface area contributed by atoms with Gasteiger partial charge in [-0.05, 0) is 56.4 Å². The number of esters is 1. The summed E-state index contributed by atoms with van der Waals surface area (Å²) in [5.74, 6) is -1.52. The molecule has 9 heteroatoms. The molecule has 0 saturated carbocycles. The standard InChI is InChI=1S/C33H37N3O6/c1-33(2,3)42-32(40)35-27(20-23-12-6-4-7-13-23)30(38)34-26-19-18-25-16-10-11-17-28(25)36(31(26)39)21-29(37)41-22-24-14-8-5-9-15-24/h4-17,26-27H,18-22H2,1-3H3,(H,34,38)(H,35,40)/t26-,27-/m0/s1. The van der Waals surface area contributed by atoms with E-state index in [9.17, 15) is 19.2 Å². The number of alkyl carbamates (subject to hydrolysis) is 1. The monoisotopic (exact) mass is 571 g/mol. The van der Waals surface area contributed by atoms with E-state index in [0.29, 0.717) is 18.5 Å². The second kappa shape index (κ2) is 13.8. The van der Waals surface area contributed by atoms with E-state index in [1.807, 2.05) is 72.8 Å². The number of hydrogen-bond acceptors (Lipinski definition) is 6. The van der Waals surface area contributed by atoms with E-state index in [2.05, 4.69) is 10.6 Å². The number of fused-ring (bicyclic) bond motifs is 1. The Morgan fingerprint density at radius 2 is 1.52 bits per heavy atom. The van der Waals surface area contributed by atoms with E-state index >= 15 is 0 Å². The van der Waals surface area contributed by atoms with Crippen molar-refractivity contribution in [3.05, 3.63) is 102 Å². The number of hydrogen-bond donors (Lipinski definition) is 2. The van der Waals surface area contributed by atoms with Gasteiger partial charge in [0.2, 0.25) is 11.8 Å². The first-order valence-electron chi connectivity index (χ1n) is 14.0. The Morgan fingerprint density at radius 3 is 2.19 bits per heavy atom. The number of anilines is 1. The van der Waals surface area contributed by atoms with Crippen molar-refractivity contribution >= 4 is 29.6 Å². The molecule has 0 radical (unpaired) electrons. The van der Waals surface area contributed by atoms with Crippen LogP contribution >= 0.6 is 0 Å². The van der Waals surface area contributed by atoms with Gasteiger partial charge >= 0.3 is 12.1 Å². The van der Waals surface area contributed by atoms with E-state index in [0.717, 1.165) is 16.7 Å². The minimum Gasteiger partial charge on any atom is -0.459 e. The maximum absolute atomic E-state index is 13.8. The number of benzene rings is 3. The van der Waals surface area contributed by atoms with Crippen LogP contribution in [0.15, 0.2) is 84.9 Å². The molecule has 9 nitrogen and oxygen atoms in total. The van der Waals surface area contributed by atoms with E-state index in [1.165, 1.54) is 4.90 Å². The fraction of sp³-hybridized carbons (Fsp3) is 0.333. The zero-order chi connectivity index (χ0) is 30.1. The van der Waals surface area contributed by atoms with Gasteiger partial charge in [0.05, 0.1) is 0 Å². The summed E-state index contributed by atoms with van der Waals surface area (Å²) in [6, 6.07) is 24.0. The van der Waals surface area contributed by atoms with Gasteiger partial charge in [-0.1, -0.05) is 78.9 Å². The van der Waals surface area contributed by atoms with Crippen LogP contribution in [0.1, 0.15) is 43.9 Å². The van der Waals surface area contributed by atoms with Gasteiger partial charge in [0.1, 0.15) is 30.8 Å². The lowest BCUT2D eigenvalue weighted by Crippen LogP contribution is -2.55. The van der Waals surface area contributed by atoms with Crippen LogP contribution in [0, 0.1) is 0 Å². The molecule has 0 fully saturated rings. The summed E-state index contributed by atoms with van der Waals surface area (Å²) in [7, 11) is 0. The molecule has 0 spiro atoms. The number of amides is 3. The van der Waals surface area contributed by atoms with E-state index < -0.39 is 41.6 Å². The lowest BCUT2D eigenvalue weighted by atomic mass is 10.0. The molecule has 4 rings (SSSR count). The Morgan fingerprint density at radius 1 is 0.905 bits per heavy atom. The molecule has 3 amide bonds. The van der Waals surface area contributed by atoms with Crippen molar-refractivity contribution < 1.29 is 28.7 Å². The normalized spacial score (nSPS) is 15.5. The molecule has 3 aromatic rings. The van der Waals surface area contributed by atoms with E-state index in [-0.39, 0.29) is 19.6 Å². The Labute approximate surface area is 246 Å². The van der Waals surface area contributed by atoms with Crippen LogP contribution in [0.5, 0.6) is 0 Å². The van der Waals surface area contributed by atoms with Crippen molar-refractivity contribution in [1.82, 2.24) is 10.6 Å². The molecule has 1 aliphatic heterocycles.